The van der Waals surface area contributed by atoms with Crippen molar-refractivity contribution in [3.63, 3.8) is 0 Å². The fraction of sp³-hybridized carbons (Fsp3) is 0.667. The summed E-state index contributed by atoms with van der Waals surface area (Å²) in [5.41, 5.74) is 8.89. The Morgan fingerprint density at radius 2 is 1.95 bits per heavy atom. The molecule has 0 aliphatic heterocycles. The topological polar surface area (TPSA) is 35.2 Å². The molecular formula is C18H29NO. The summed E-state index contributed by atoms with van der Waals surface area (Å²) in [6, 6.07) is 8.60. The molecular weight excluding hydrogens is 246 g/mol. The number of hydrogen-bond donors (Lipinski definition) is 1. The van der Waals surface area contributed by atoms with Crippen molar-refractivity contribution in [1.82, 2.24) is 0 Å². The number of nitrogens with two attached hydrogens (primary N) is 1. The lowest BCUT2D eigenvalue weighted by Gasteiger charge is -2.31. The monoisotopic (exact) mass is 275 g/mol. The van der Waals surface area contributed by atoms with Crippen LogP contribution in [0.1, 0.15) is 63.6 Å². The molecule has 2 heteroatoms. The summed E-state index contributed by atoms with van der Waals surface area (Å²) in [5, 5.41) is 0. The lowest BCUT2D eigenvalue weighted by atomic mass is 9.88. The van der Waals surface area contributed by atoms with Crippen LogP contribution in [0.4, 0.5) is 0 Å². The maximum Gasteiger partial charge on any atom is 0.0743 e. The summed E-state index contributed by atoms with van der Waals surface area (Å²) in [6.45, 7) is 6.60. The van der Waals surface area contributed by atoms with Gasteiger partial charge in [0.25, 0.3) is 0 Å². The van der Waals surface area contributed by atoms with Gasteiger partial charge in [0.1, 0.15) is 0 Å². The zero-order valence-corrected chi connectivity index (χ0v) is 13.1. The highest BCUT2D eigenvalue weighted by molar-refractivity contribution is 5.25. The van der Waals surface area contributed by atoms with Crippen molar-refractivity contribution in [2.24, 2.45) is 11.7 Å². The van der Waals surface area contributed by atoms with Gasteiger partial charge in [0.05, 0.1) is 18.2 Å². The molecule has 20 heavy (non-hydrogen) atoms. The van der Waals surface area contributed by atoms with Gasteiger partial charge in [-0.3, -0.25) is 0 Å². The molecule has 0 heterocycles. The van der Waals surface area contributed by atoms with Gasteiger partial charge in [0.15, 0.2) is 0 Å². The van der Waals surface area contributed by atoms with E-state index in [1.165, 1.54) is 36.8 Å². The number of hydrogen-bond acceptors (Lipinski definition) is 2. The first kappa shape index (κ1) is 15.5. The van der Waals surface area contributed by atoms with Gasteiger partial charge >= 0.3 is 0 Å². The summed E-state index contributed by atoms with van der Waals surface area (Å²) in [7, 11) is 0. The number of ether oxygens (including phenoxy) is 1. The highest BCUT2D eigenvalue weighted by Gasteiger charge is 2.24. The smallest absolute Gasteiger partial charge is 0.0743 e. The van der Waals surface area contributed by atoms with E-state index >= 15 is 0 Å². The molecule has 112 valence electrons. The van der Waals surface area contributed by atoms with E-state index in [1.807, 2.05) is 0 Å². The number of aryl methyl sites for hydroxylation is 1. The van der Waals surface area contributed by atoms with Crippen LogP contribution < -0.4 is 5.73 Å². The third-order valence-electron chi connectivity index (χ3n) is 4.57. The highest BCUT2D eigenvalue weighted by Crippen LogP contribution is 2.28. The molecule has 0 bridgehead atoms. The van der Waals surface area contributed by atoms with Gasteiger partial charge < -0.3 is 10.5 Å². The Bertz CT molecular complexity index is 400. The highest BCUT2D eigenvalue weighted by atomic mass is 16.5. The molecule has 1 aliphatic rings. The maximum absolute atomic E-state index is 6.36. The lowest BCUT2D eigenvalue weighted by molar-refractivity contribution is -0.0410. The molecule has 0 amide bonds. The first-order chi connectivity index (χ1) is 9.60. The van der Waals surface area contributed by atoms with Crippen molar-refractivity contribution in [2.45, 2.75) is 71.1 Å². The minimum atomic E-state index is -0.0295. The van der Waals surface area contributed by atoms with E-state index in [0.29, 0.717) is 6.10 Å². The quantitative estimate of drug-likeness (QED) is 0.872. The molecule has 0 spiro atoms. The Morgan fingerprint density at radius 1 is 1.25 bits per heavy atom. The molecule has 1 aromatic rings. The predicted octanol–water partition coefficient (Wildman–Crippen LogP) is 4.23. The summed E-state index contributed by atoms with van der Waals surface area (Å²) in [4.78, 5) is 0. The van der Waals surface area contributed by atoms with Crippen LogP contribution in [0.5, 0.6) is 0 Å². The molecule has 4 atom stereocenters. The Kier molecular flexibility index (Phi) is 5.62. The summed E-state index contributed by atoms with van der Waals surface area (Å²) in [5.74, 6) is 0.793. The van der Waals surface area contributed by atoms with Gasteiger partial charge in [0.2, 0.25) is 0 Å². The van der Waals surface area contributed by atoms with Crippen molar-refractivity contribution in [3.8, 4) is 0 Å². The molecule has 0 radical (unpaired) electrons. The Labute approximate surface area is 123 Å². The van der Waals surface area contributed by atoms with Gasteiger partial charge in [-0.05, 0) is 43.2 Å². The van der Waals surface area contributed by atoms with Crippen molar-refractivity contribution in [2.75, 3.05) is 0 Å². The van der Waals surface area contributed by atoms with Gasteiger partial charge in [-0.15, -0.1) is 0 Å². The normalized spacial score (nSPS) is 26.2. The van der Waals surface area contributed by atoms with Gasteiger partial charge in [-0.1, -0.05) is 51.0 Å². The average Bonchev–Trinajstić information content (AvgIpc) is 2.46. The second-order valence-electron chi connectivity index (χ2n) is 6.36. The third kappa shape index (κ3) is 4.07. The van der Waals surface area contributed by atoms with E-state index in [9.17, 15) is 0 Å². The standard InChI is InChI=1S/C18H29NO/c1-4-15-8-10-16(11-9-15)18(19)14(3)20-17-7-5-6-13(2)12-17/h8-11,13-14,17-18H,4-7,12,19H2,1-3H3. The molecule has 1 aliphatic carbocycles. The molecule has 2 N–H and O–H groups in total. The molecule has 1 fully saturated rings. The second-order valence-corrected chi connectivity index (χ2v) is 6.36. The SMILES string of the molecule is CCc1ccc(C(N)C(C)OC2CCCC(C)C2)cc1. The molecule has 1 aromatic carbocycles. The number of benzene rings is 1. The van der Waals surface area contributed by atoms with Crippen LogP contribution in [0, 0.1) is 5.92 Å². The maximum atomic E-state index is 6.36. The minimum absolute atomic E-state index is 0.0295. The van der Waals surface area contributed by atoms with Gasteiger partial charge in [-0.2, -0.15) is 0 Å². The largest absolute Gasteiger partial charge is 0.373 e. The van der Waals surface area contributed by atoms with E-state index in [1.54, 1.807) is 0 Å². The fourth-order valence-electron chi connectivity index (χ4n) is 3.14. The van der Waals surface area contributed by atoms with Crippen LogP contribution in [-0.2, 0) is 11.2 Å². The van der Waals surface area contributed by atoms with Gasteiger partial charge in [-0.25, -0.2) is 0 Å². The Morgan fingerprint density at radius 3 is 2.55 bits per heavy atom. The van der Waals surface area contributed by atoms with Crippen LogP contribution >= 0.6 is 0 Å². The van der Waals surface area contributed by atoms with E-state index < -0.39 is 0 Å². The second kappa shape index (κ2) is 7.24. The van der Waals surface area contributed by atoms with Crippen molar-refractivity contribution >= 4 is 0 Å². The molecule has 1 saturated carbocycles. The van der Waals surface area contributed by atoms with E-state index in [2.05, 4.69) is 45.0 Å². The minimum Gasteiger partial charge on any atom is -0.373 e. The van der Waals surface area contributed by atoms with Crippen LogP contribution in [0.3, 0.4) is 0 Å². The van der Waals surface area contributed by atoms with Gasteiger partial charge in [0, 0.05) is 0 Å². The van der Waals surface area contributed by atoms with E-state index in [4.69, 9.17) is 10.5 Å². The van der Waals surface area contributed by atoms with Crippen LogP contribution in [0.2, 0.25) is 0 Å². The predicted molar refractivity (Wildman–Crippen MR) is 84.7 cm³/mol. The summed E-state index contributed by atoms with van der Waals surface area (Å²) < 4.78 is 6.21. The van der Waals surface area contributed by atoms with Crippen LogP contribution in [0.25, 0.3) is 0 Å². The summed E-state index contributed by atoms with van der Waals surface area (Å²) in [6.07, 6.45) is 6.56. The van der Waals surface area contributed by atoms with Crippen molar-refractivity contribution in [1.29, 1.82) is 0 Å². The zero-order valence-electron chi connectivity index (χ0n) is 13.1. The molecule has 0 saturated heterocycles. The van der Waals surface area contributed by atoms with Crippen molar-refractivity contribution in [3.05, 3.63) is 35.4 Å². The Balaban J connectivity index is 1.91. The van der Waals surface area contributed by atoms with Crippen LogP contribution in [0.15, 0.2) is 24.3 Å². The average molecular weight is 275 g/mol. The van der Waals surface area contributed by atoms with E-state index in [0.717, 1.165) is 12.3 Å². The molecule has 4 unspecified atom stereocenters. The first-order valence-electron chi connectivity index (χ1n) is 8.10. The molecule has 0 aromatic heterocycles. The first-order valence-corrected chi connectivity index (χ1v) is 8.10. The zero-order chi connectivity index (χ0) is 14.5. The lowest BCUT2D eigenvalue weighted by Crippen LogP contribution is -2.32. The van der Waals surface area contributed by atoms with E-state index in [-0.39, 0.29) is 12.1 Å². The number of rotatable bonds is 5. The molecule has 2 nitrogen and oxygen atoms in total. The summed E-state index contributed by atoms with van der Waals surface area (Å²) >= 11 is 0. The third-order valence-corrected chi connectivity index (χ3v) is 4.57. The van der Waals surface area contributed by atoms with Crippen LogP contribution in [-0.4, -0.2) is 12.2 Å². The Hall–Kier alpha value is -0.860. The molecule has 2 rings (SSSR count). The van der Waals surface area contributed by atoms with Crippen molar-refractivity contribution < 1.29 is 4.74 Å². The fourth-order valence-corrected chi connectivity index (χ4v) is 3.14.